The van der Waals surface area contributed by atoms with Crippen LogP contribution in [0.2, 0.25) is 0 Å². The van der Waals surface area contributed by atoms with Crippen molar-refractivity contribution < 1.29 is 23.8 Å². The van der Waals surface area contributed by atoms with E-state index in [2.05, 4.69) is 16.6 Å². The van der Waals surface area contributed by atoms with Gasteiger partial charge in [-0.05, 0) is 6.92 Å². The van der Waals surface area contributed by atoms with E-state index < -0.39 is 12.1 Å². The van der Waals surface area contributed by atoms with Gasteiger partial charge >= 0.3 is 12.1 Å². The van der Waals surface area contributed by atoms with Gasteiger partial charge in [-0.3, -0.25) is 0 Å². The number of carbonyl (C=O) groups is 2. The van der Waals surface area contributed by atoms with Crippen molar-refractivity contribution in [1.82, 2.24) is 5.32 Å². The van der Waals surface area contributed by atoms with Crippen molar-refractivity contribution in [3.05, 3.63) is 12.2 Å². The summed E-state index contributed by atoms with van der Waals surface area (Å²) in [4.78, 5) is 21.5. The monoisotopic (exact) mass is 231 g/mol. The molecule has 0 saturated carbocycles. The summed E-state index contributed by atoms with van der Waals surface area (Å²) in [5, 5.41) is 2.44. The summed E-state index contributed by atoms with van der Waals surface area (Å²) < 4.78 is 14.2. The zero-order chi connectivity index (χ0) is 12.4. The van der Waals surface area contributed by atoms with Gasteiger partial charge < -0.3 is 19.5 Å². The normalized spacial score (nSPS) is 9.38. The molecule has 0 spiro atoms. The molecule has 16 heavy (non-hydrogen) atoms. The average molecular weight is 231 g/mol. The van der Waals surface area contributed by atoms with Crippen molar-refractivity contribution in [1.29, 1.82) is 0 Å². The SMILES string of the molecule is C=C(C)C(=O)OCCOCCNC(=O)OC. The first-order valence-electron chi connectivity index (χ1n) is 4.80. The lowest BCUT2D eigenvalue weighted by molar-refractivity contribution is -0.140. The molecule has 0 aromatic heterocycles. The highest BCUT2D eigenvalue weighted by molar-refractivity contribution is 5.86. The Kier molecular flexibility index (Phi) is 7.87. The Morgan fingerprint density at radius 3 is 2.50 bits per heavy atom. The van der Waals surface area contributed by atoms with Crippen LogP contribution < -0.4 is 5.32 Å². The quantitative estimate of drug-likeness (QED) is 0.392. The van der Waals surface area contributed by atoms with Gasteiger partial charge in [-0.2, -0.15) is 0 Å². The van der Waals surface area contributed by atoms with Crippen LogP contribution in [0.4, 0.5) is 4.79 Å². The summed E-state index contributed by atoms with van der Waals surface area (Å²) in [6, 6.07) is 0. The molecule has 1 N–H and O–H groups in total. The number of amides is 1. The van der Waals surface area contributed by atoms with Gasteiger partial charge in [-0.25, -0.2) is 9.59 Å². The van der Waals surface area contributed by atoms with E-state index in [9.17, 15) is 9.59 Å². The summed E-state index contributed by atoms with van der Waals surface area (Å²) in [6.45, 7) is 6.14. The van der Waals surface area contributed by atoms with Gasteiger partial charge in [-0.15, -0.1) is 0 Å². The highest BCUT2D eigenvalue weighted by atomic mass is 16.6. The van der Waals surface area contributed by atoms with Crippen molar-refractivity contribution >= 4 is 12.1 Å². The number of nitrogens with one attached hydrogen (secondary N) is 1. The van der Waals surface area contributed by atoms with E-state index in [0.29, 0.717) is 18.7 Å². The van der Waals surface area contributed by atoms with Gasteiger partial charge in [-0.1, -0.05) is 6.58 Å². The molecule has 0 fully saturated rings. The van der Waals surface area contributed by atoms with Gasteiger partial charge in [0.15, 0.2) is 0 Å². The fraction of sp³-hybridized carbons (Fsp3) is 0.600. The molecule has 1 amide bonds. The third kappa shape index (κ3) is 7.81. The van der Waals surface area contributed by atoms with Crippen LogP contribution in [0.3, 0.4) is 0 Å². The molecule has 92 valence electrons. The molecule has 0 atom stereocenters. The summed E-state index contributed by atoms with van der Waals surface area (Å²) in [7, 11) is 1.28. The third-order valence-electron chi connectivity index (χ3n) is 1.51. The molecule has 6 nitrogen and oxygen atoms in total. The third-order valence-corrected chi connectivity index (χ3v) is 1.51. The molecule has 0 bridgehead atoms. The van der Waals surface area contributed by atoms with E-state index in [4.69, 9.17) is 9.47 Å². The average Bonchev–Trinajstić information content (AvgIpc) is 2.26. The molecule has 0 rings (SSSR count). The number of carbonyl (C=O) groups excluding carboxylic acids is 2. The predicted molar refractivity (Wildman–Crippen MR) is 57.0 cm³/mol. The van der Waals surface area contributed by atoms with Crippen LogP contribution in [0.15, 0.2) is 12.2 Å². The molecule has 0 saturated heterocycles. The van der Waals surface area contributed by atoms with Crippen LogP contribution in [-0.2, 0) is 19.0 Å². The highest BCUT2D eigenvalue weighted by Crippen LogP contribution is 1.91. The number of alkyl carbamates (subject to hydrolysis) is 1. The number of hydrogen-bond donors (Lipinski definition) is 1. The fourth-order valence-corrected chi connectivity index (χ4v) is 0.716. The van der Waals surface area contributed by atoms with Gasteiger partial charge in [0, 0.05) is 12.1 Å². The van der Waals surface area contributed by atoms with Crippen LogP contribution in [0.5, 0.6) is 0 Å². The molecule has 0 heterocycles. The Balaban J connectivity index is 3.25. The van der Waals surface area contributed by atoms with E-state index in [1.807, 2.05) is 0 Å². The zero-order valence-corrected chi connectivity index (χ0v) is 9.58. The number of ether oxygens (including phenoxy) is 3. The second kappa shape index (κ2) is 8.72. The standard InChI is InChI=1S/C10H17NO5/c1-8(2)9(12)16-7-6-15-5-4-11-10(13)14-3/h1,4-7H2,2-3H3,(H,11,13). The smallest absolute Gasteiger partial charge is 0.406 e. The van der Waals surface area contributed by atoms with Gasteiger partial charge in [0.2, 0.25) is 0 Å². The highest BCUT2D eigenvalue weighted by Gasteiger charge is 2.02. The van der Waals surface area contributed by atoms with E-state index in [-0.39, 0.29) is 13.2 Å². The summed E-state index contributed by atoms with van der Waals surface area (Å²) in [5.74, 6) is -0.434. The van der Waals surface area contributed by atoms with Crippen molar-refractivity contribution in [2.45, 2.75) is 6.92 Å². The molecular formula is C10H17NO5. The van der Waals surface area contributed by atoms with Crippen molar-refractivity contribution in [2.24, 2.45) is 0 Å². The molecule has 6 heteroatoms. The lowest BCUT2D eigenvalue weighted by Crippen LogP contribution is -2.27. The number of hydrogen-bond acceptors (Lipinski definition) is 5. The Morgan fingerprint density at radius 1 is 1.25 bits per heavy atom. The van der Waals surface area contributed by atoms with Gasteiger partial charge in [0.1, 0.15) is 6.61 Å². The number of esters is 1. The molecule has 0 radical (unpaired) electrons. The van der Waals surface area contributed by atoms with Crippen LogP contribution >= 0.6 is 0 Å². The van der Waals surface area contributed by atoms with Crippen molar-refractivity contribution in [3.63, 3.8) is 0 Å². The topological polar surface area (TPSA) is 73.9 Å². The number of rotatable bonds is 7. The Labute approximate surface area is 94.5 Å². The zero-order valence-electron chi connectivity index (χ0n) is 9.58. The summed E-state index contributed by atoms with van der Waals surface area (Å²) in [5.41, 5.74) is 0.354. The van der Waals surface area contributed by atoms with Crippen molar-refractivity contribution in [2.75, 3.05) is 33.5 Å². The molecule has 0 aliphatic rings. The molecule has 0 aliphatic carbocycles. The molecule has 0 aromatic rings. The minimum atomic E-state index is -0.502. The van der Waals surface area contributed by atoms with Crippen LogP contribution in [0.1, 0.15) is 6.92 Å². The second-order valence-corrected chi connectivity index (χ2v) is 2.95. The van der Waals surface area contributed by atoms with E-state index in [1.54, 1.807) is 6.92 Å². The lowest BCUT2D eigenvalue weighted by Gasteiger charge is -2.06. The molecule has 0 aliphatic heterocycles. The maximum atomic E-state index is 10.9. The fourth-order valence-electron chi connectivity index (χ4n) is 0.716. The van der Waals surface area contributed by atoms with Crippen LogP contribution in [0, 0.1) is 0 Å². The summed E-state index contributed by atoms with van der Waals surface area (Å²) >= 11 is 0. The van der Waals surface area contributed by atoms with Crippen LogP contribution in [-0.4, -0.2) is 45.5 Å². The molecule has 0 aromatic carbocycles. The second-order valence-electron chi connectivity index (χ2n) is 2.95. The Hall–Kier alpha value is -1.56. The maximum Gasteiger partial charge on any atom is 0.406 e. The lowest BCUT2D eigenvalue weighted by atomic mass is 10.4. The largest absolute Gasteiger partial charge is 0.460 e. The Morgan fingerprint density at radius 2 is 1.94 bits per heavy atom. The predicted octanol–water partition coefficient (Wildman–Crippen LogP) is 0.478. The first-order chi connectivity index (χ1) is 7.57. The van der Waals surface area contributed by atoms with E-state index in [1.165, 1.54) is 7.11 Å². The van der Waals surface area contributed by atoms with E-state index in [0.717, 1.165) is 0 Å². The Bertz CT molecular complexity index is 252. The minimum Gasteiger partial charge on any atom is -0.460 e. The van der Waals surface area contributed by atoms with E-state index >= 15 is 0 Å². The van der Waals surface area contributed by atoms with Gasteiger partial charge in [0.25, 0.3) is 0 Å². The molecule has 0 unspecified atom stereocenters. The minimum absolute atomic E-state index is 0.171. The first kappa shape index (κ1) is 14.4. The summed E-state index contributed by atoms with van der Waals surface area (Å²) in [6.07, 6.45) is -0.502. The number of methoxy groups -OCH3 is 1. The van der Waals surface area contributed by atoms with Crippen LogP contribution in [0.25, 0.3) is 0 Å². The van der Waals surface area contributed by atoms with Gasteiger partial charge in [0.05, 0.1) is 20.3 Å². The van der Waals surface area contributed by atoms with Crippen molar-refractivity contribution in [3.8, 4) is 0 Å². The molecular weight excluding hydrogens is 214 g/mol. The maximum absolute atomic E-state index is 10.9. The first-order valence-corrected chi connectivity index (χ1v) is 4.80.